The lowest BCUT2D eigenvalue weighted by molar-refractivity contribution is -0.231. The average Bonchev–Trinajstić information content (AvgIpc) is 2.82. The zero-order valence-corrected chi connectivity index (χ0v) is 17.4. The Hall–Kier alpha value is -3.02. The largest absolute Gasteiger partial charge is 0.465 e. The van der Waals surface area contributed by atoms with Crippen LogP contribution in [0.1, 0.15) is 32.4 Å². The van der Waals surface area contributed by atoms with Crippen molar-refractivity contribution in [3.8, 4) is 11.5 Å². The molecular weight excluding hydrogens is 424 g/mol. The summed E-state index contributed by atoms with van der Waals surface area (Å²) in [6, 6.07) is 10.4. The van der Waals surface area contributed by atoms with E-state index >= 15 is 0 Å². The molecule has 0 unspecified atom stereocenters. The second kappa shape index (κ2) is 10.1. The Morgan fingerprint density at radius 1 is 0.844 bits per heavy atom. The fourth-order valence-electron chi connectivity index (χ4n) is 3.37. The third-order valence-electron chi connectivity index (χ3n) is 5.09. The molecule has 172 valence electrons. The van der Waals surface area contributed by atoms with Crippen molar-refractivity contribution in [1.82, 2.24) is 0 Å². The highest BCUT2D eigenvalue weighted by atomic mass is 16.5. The van der Waals surface area contributed by atoms with Gasteiger partial charge in [-0.2, -0.15) is 0 Å². The summed E-state index contributed by atoms with van der Waals surface area (Å²) in [6.45, 7) is -0.526. The number of carbonyl (C=O) groups is 2. The molecule has 2 aromatic carbocycles. The molecule has 0 radical (unpaired) electrons. The van der Waals surface area contributed by atoms with Crippen LogP contribution in [0.15, 0.2) is 42.5 Å². The highest BCUT2D eigenvalue weighted by molar-refractivity contribution is 5.96. The molecule has 0 amide bonds. The summed E-state index contributed by atoms with van der Waals surface area (Å²) < 4.78 is 20.7. The van der Waals surface area contributed by atoms with Crippen molar-refractivity contribution < 1.29 is 49.0 Å². The second-order valence-corrected chi connectivity index (χ2v) is 7.15. The van der Waals surface area contributed by atoms with Crippen LogP contribution in [0, 0.1) is 0 Å². The van der Waals surface area contributed by atoms with E-state index in [0.29, 0.717) is 11.3 Å². The van der Waals surface area contributed by atoms with Crippen molar-refractivity contribution in [1.29, 1.82) is 0 Å². The van der Waals surface area contributed by atoms with Gasteiger partial charge in [0.25, 0.3) is 0 Å². The standard InChI is InChI=1S/C22H24O10/c1-29-21(27)12-7-13(22(28)30-2)9-15(8-12)31-14-5-3-11(4-6-14)20-19(26)18(25)17(24)16(10-23)32-20/h3-9,16-20,23-26H,10H2,1-2H3/t16-,17-,18+,19-,20-/m1/s1. The van der Waals surface area contributed by atoms with Crippen molar-refractivity contribution in [2.24, 2.45) is 0 Å². The van der Waals surface area contributed by atoms with Crippen LogP contribution in [0.25, 0.3) is 0 Å². The number of aliphatic hydroxyl groups is 4. The maximum absolute atomic E-state index is 11.9. The molecule has 0 aliphatic carbocycles. The summed E-state index contributed by atoms with van der Waals surface area (Å²) in [5, 5.41) is 39.5. The highest BCUT2D eigenvalue weighted by Crippen LogP contribution is 2.34. The van der Waals surface area contributed by atoms with E-state index in [0.717, 1.165) is 0 Å². The first-order valence-electron chi connectivity index (χ1n) is 9.69. The topological polar surface area (TPSA) is 152 Å². The third kappa shape index (κ3) is 4.90. The number of esters is 2. The van der Waals surface area contributed by atoms with Gasteiger partial charge in [-0.05, 0) is 35.9 Å². The lowest BCUT2D eigenvalue weighted by Gasteiger charge is -2.40. The van der Waals surface area contributed by atoms with Gasteiger partial charge >= 0.3 is 11.9 Å². The Balaban J connectivity index is 1.83. The number of benzene rings is 2. The Morgan fingerprint density at radius 3 is 1.91 bits per heavy atom. The van der Waals surface area contributed by atoms with E-state index in [1.165, 1.54) is 32.4 Å². The van der Waals surface area contributed by atoms with E-state index in [1.807, 2.05) is 0 Å². The molecule has 2 aromatic rings. The zero-order chi connectivity index (χ0) is 23.4. The van der Waals surface area contributed by atoms with Gasteiger partial charge in [-0.25, -0.2) is 9.59 Å². The number of methoxy groups -OCH3 is 2. The van der Waals surface area contributed by atoms with Crippen molar-refractivity contribution in [3.63, 3.8) is 0 Å². The molecule has 1 aliphatic heterocycles. The van der Waals surface area contributed by atoms with Gasteiger partial charge in [0.15, 0.2) is 0 Å². The lowest BCUT2D eigenvalue weighted by Crippen LogP contribution is -2.55. The van der Waals surface area contributed by atoms with Crippen molar-refractivity contribution >= 4 is 11.9 Å². The fourth-order valence-corrected chi connectivity index (χ4v) is 3.37. The van der Waals surface area contributed by atoms with Crippen LogP contribution in [0.5, 0.6) is 11.5 Å². The molecule has 10 heteroatoms. The van der Waals surface area contributed by atoms with E-state index < -0.39 is 49.1 Å². The van der Waals surface area contributed by atoms with E-state index in [-0.39, 0.29) is 16.9 Å². The molecule has 5 atom stereocenters. The molecule has 0 spiro atoms. The first kappa shape index (κ1) is 23.6. The van der Waals surface area contributed by atoms with Crippen molar-refractivity contribution in [2.75, 3.05) is 20.8 Å². The molecule has 32 heavy (non-hydrogen) atoms. The van der Waals surface area contributed by atoms with E-state index in [4.69, 9.17) is 18.9 Å². The Labute approximate surface area is 183 Å². The van der Waals surface area contributed by atoms with E-state index in [9.17, 15) is 30.0 Å². The van der Waals surface area contributed by atoms with Crippen LogP contribution >= 0.6 is 0 Å². The van der Waals surface area contributed by atoms with Gasteiger partial charge in [-0.1, -0.05) is 12.1 Å². The van der Waals surface area contributed by atoms with Crippen LogP contribution in [0.2, 0.25) is 0 Å². The highest BCUT2D eigenvalue weighted by Gasteiger charge is 2.43. The van der Waals surface area contributed by atoms with Gasteiger partial charge in [0.05, 0.1) is 32.0 Å². The van der Waals surface area contributed by atoms with Crippen LogP contribution in [-0.4, -0.2) is 77.6 Å². The Kier molecular flexibility index (Phi) is 7.44. The minimum atomic E-state index is -1.49. The summed E-state index contributed by atoms with van der Waals surface area (Å²) >= 11 is 0. The van der Waals surface area contributed by atoms with Gasteiger partial charge in [0.1, 0.15) is 42.0 Å². The summed E-state index contributed by atoms with van der Waals surface area (Å²) in [6.07, 6.45) is -6.33. The fraction of sp³-hybridized carbons (Fsp3) is 0.364. The average molecular weight is 448 g/mol. The lowest BCUT2D eigenvalue weighted by atomic mass is 9.91. The SMILES string of the molecule is COC(=O)c1cc(Oc2ccc([C@H]3O[C@H](CO)[C@@H](O)[C@H](O)[C@H]3O)cc2)cc(C(=O)OC)c1. The van der Waals surface area contributed by atoms with Crippen molar-refractivity contribution in [3.05, 3.63) is 59.2 Å². The van der Waals surface area contributed by atoms with Crippen LogP contribution < -0.4 is 4.74 Å². The van der Waals surface area contributed by atoms with Gasteiger partial charge in [-0.15, -0.1) is 0 Å². The maximum Gasteiger partial charge on any atom is 0.338 e. The smallest absolute Gasteiger partial charge is 0.338 e. The van der Waals surface area contributed by atoms with Crippen LogP contribution in [-0.2, 0) is 14.2 Å². The predicted molar refractivity (Wildman–Crippen MR) is 108 cm³/mol. The zero-order valence-electron chi connectivity index (χ0n) is 17.4. The molecule has 0 bridgehead atoms. The molecule has 1 fully saturated rings. The number of aliphatic hydroxyl groups excluding tert-OH is 4. The minimum absolute atomic E-state index is 0.100. The van der Waals surface area contributed by atoms with E-state index in [1.54, 1.807) is 24.3 Å². The molecule has 0 aromatic heterocycles. The normalized spacial score (nSPS) is 25.1. The van der Waals surface area contributed by atoms with Crippen LogP contribution in [0.4, 0.5) is 0 Å². The molecule has 3 rings (SSSR count). The summed E-state index contributed by atoms with van der Waals surface area (Å²) in [4.78, 5) is 23.8. The molecule has 4 N–H and O–H groups in total. The van der Waals surface area contributed by atoms with E-state index in [2.05, 4.69) is 0 Å². The number of hydrogen-bond acceptors (Lipinski definition) is 10. The Bertz CT molecular complexity index is 921. The number of hydrogen-bond donors (Lipinski definition) is 4. The second-order valence-electron chi connectivity index (χ2n) is 7.15. The quantitative estimate of drug-likeness (QED) is 0.462. The van der Waals surface area contributed by atoms with Gasteiger partial charge in [0.2, 0.25) is 0 Å². The summed E-state index contributed by atoms with van der Waals surface area (Å²) in [5.74, 6) is -0.776. The summed E-state index contributed by atoms with van der Waals surface area (Å²) in [7, 11) is 2.43. The number of carbonyl (C=O) groups excluding carboxylic acids is 2. The van der Waals surface area contributed by atoms with Crippen LogP contribution in [0.3, 0.4) is 0 Å². The van der Waals surface area contributed by atoms with Crippen molar-refractivity contribution in [2.45, 2.75) is 30.5 Å². The molecule has 1 aliphatic rings. The number of ether oxygens (including phenoxy) is 4. The minimum Gasteiger partial charge on any atom is -0.465 e. The molecular formula is C22H24O10. The molecule has 0 saturated carbocycles. The molecule has 10 nitrogen and oxygen atoms in total. The van der Waals surface area contributed by atoms with Gasteiger partial charge < -0.3 is 39.4 Å². The van der Waals surface area contributed by atoms with Gasteiger partial charge in [0, 0.05) is 0 Å². The first-order chi connectivity index (χ1) is 15.3. The Morgan fingerprint density at radius 2 is 1.41 bits per heavy atom. The first-order valence-corrected chi connectivity index (χ1v) is 9.69. The molecule has 1 heterocycles. The summed E-state index contributed by atoms with van der Waals surface area (Å²) in [5.41, 5.74) is 0.680. The maximum atomic E-state index is 11.9. The molecule has 1 saturated heterocycles. The number of rotatable bonds is 6. The van der Waals surface area contributed by atoms with Gasteiger partial charge in [-0.3, -0.25) is 0 Å². The third-order valence-corrected chi connectivity index (χ3v) is 5.09. The predicted octanol–water partition coefficient (Wildman–Crippen LogP) is 0.567. The monoisotopic (exact) mass is 448 g/mol.